The lowest BCUT2D eigenvalue weighted by atomic mass is 9.84. The summed E-state index contributed by atoms with van der Waals surface area (Å²) in [5.41, 5.74) is 0.722. The van der Waals surface area contributed by atoms with Crippen LogP contribution in [0.15, 0.2) is 70.4 Å². The second-order valence-electron chi connectivity index (χ2n) is 8.63. The number of anilines is 1. The van der Waals surface area contributed by atoms with E-state index in [1.165, 1.54) is 22.5 Å². The van der Waals surface area contributed by atoms with Crippen molar-refractivity contribution in [2.45, 2.75) is 23.8 Å². The lowest BCUT2D eigenvalue weighted by Crippen LogP contribution is -2.49. The molecule has 10 heteroatoms. The first-order valence-electron chi connectivity index (χ1n) is 10.8. The van der Waals surface area contributed by atoms with Crippen molar-refractivity contribution in [3.8, 4) is 0 Å². The van der Waals surface area contributed by atoms with Gasteiger partial charge >= 0.3 is 0 Å². The van der Waals surface area contributed by atoms with E-state index in [1.54, 1.807) is 28.8 Å². The summed E-state index contributed by atoms with van der Waals surface area (Å²) < 4.78 is 44.5. The average Bonchev–Trinajstić information content (AvgIpc) is 2.80. The van der Waals surface area contributed by atoms with Gasteiger partial charge in [0, 0.05) is 48.0 Å². The first-order valence-corrected chi connectivity index (χ1v) is 12.6. The quantitative estimate of drug-likeness (QED) is 0.590. The highest BCUT2D eigenvalue weighted by atomic mass is 35.5. The molecule has 2 aliphatic rings. The maximum absolute atomic E-state index is 14.5. The number of fused-ring (bicyclic) bond motifs is 4. The van der Waals surface area contributed by atoms with E-state index < -0.39 is 21.7 Å². The van der Waals surface area contributed by atoms with E-state index >= 15 is 0 Å². The molecule has 1 aromatic heterocycles. The van der Waals surface area contributed by atoms with Crippen LogP contribution in [-0.4, -0.2) is 36.3 Å². The highest BCUT2D eigenvalue weighted by molar-refractivity contribution is 7.89. The van der Waals surface area contributed by atoms with Crippen molar-refractivity contribution >= 4 is 33.2 Å². The number of pyridine rings is 1. The number of benzene rings is 2. The van der Waals surface area contributed by atoms with Gasteiger partial charge in [0.15, 0.2) is 0 Å². The minimum atomic E-state index is -3.99. The van der Waals surface area contributed by atoms with Crippen molar-refractivity contribution in [2.24, 2.45) is 5.92 Å². The van der Waals surface area contributed by atoms with E-state index in [4.69, 9.17) is 11.6 Å². The van der Waals surface area contributed by atoms with Crippen LogP contribution in [0.3, 0.4) is 0 Å². The fourth-order valence-electron chi connectivity index (χ4n) is 4.80. The summed E-state index contributed by atoms with van der Waals surface area (Å²) in [6.45, 7) is 0.916. The number of hydrogen-bond acceptors (Lipinski definition) is 4. The van der Waals surface area contributed by atoms with E-state index in [-0.39, 0.29) is 40.9 Å². The molecule has 1 saturated heterocycles. The zero-order valence-electron chi connectivity index (χ0n) is 17.9. The zero-order chi connectivity index (χ0) is 24.0. The standard InChI is InChI=1S/C24H21ClFN3O4S/c25-17-3-1-4-18(10-17)27-24(31)20-11-19(7-8-21(20)26)34(32,33)28-12-15-9-16(14-28)22-5-2-6-23(30)29(22)13-15/h1-8,10-11,15-16H,9,12-14H2,(H,27,31). The summed E-state index contributed by atoms with van der Waals surface area (Å²) >= 11 is 5.93. The molecule has 2 unspecified atom stereocenters. The monoisotopic (exact) mass is 501 g/mol. The van der Waals surface area contributed by atoms with Crippen molar-refractivity contribution in [1.29, 1.82) is 0 Å². The lowest BCUT2D eigenvalue weighted by Gasteiger charge is -2.42. The second-order valence-corrected chi connectivity index (χ2v) is 11.0. The summed E-state index contributed by atoms with van der Waals surface area (Å²) in [4.78, 5) is 24.8. The Bertz CT molecular complexity index is 1460. The van der Waals surface area contributed by atoms with Gasteiger partial charge in [0.05, 0.1) is 10.5 Å². The van der Waals surface area contributed by atoms with Crippen LogP contribution in [-0.2, 0) is 16.6 Å². The van der Waals surface area contributed by atoms with Gasteiger partial charge in [-0.05, 0) is 54.8 Å². The molecule has 2 bridgehead atoms. The molecule has 2 aliphatic heterocycles. The van der Waals surface area contributed by atoms with Gasteiger partial charge in [0.25, 0.3) is 11.5 Å². The number of rotatable bonds is 4. The Kier molecular flexibility index (Phi) is 5.79. The molecule has 34 heavy (non-hydrogen) atoms. The predicted octanol–water partition coefficient (Wildman–Crippen LogP) is 3.70. The van der Waals surface area contributed by atoms with Gasteiger partial charge in [-0.25, -0.2) is 12.8 Å². The molecule has 2 aromatic carbocycles. The topological polar surface area (TPSA) is 88.5 Å². The number of halogens is 2. The van der Waals surface area contributed by atoms with Gasteiger partial charge in [0.1, 0.15) is 5.82 Å². The first-order chi connectivity index (χ1) is 16.2. The number of hydrogen-bond donors (Lipinski definition) is 1. The van der Waals surface area contributed by atoms with Gasteiger partial charge < -0.3 is 9.88 Å². The van der Waals surface area contributed by atoms with Crippen molar-refractivity contribution in [3.05, 3.63) is 93.1 Å². The van der Waals surface area contributed by atoms with Crippen LogP contribution in [0.5, 0.6) is 0 Å². The smallest absolute Gasteiger partial charge is 0.258 e. The number of nitrogens with one attached hydrogen (secondary N) is 1. The van der Waals surface area contributed by atoms with Crippen LogP contribution in [0, 0.1) is 11.7 Å². The van der Waals surface area contributed by atoms with Crippen LogP contribution in [0.25, 0.3) is 0 Å². The summed E-state index contributed by atoms with van der Waals surface area (Å²) in [5, 5.41) is 2.94. The van der Waals surface area contributed by atoms with E-state index in [1.807, 2.05) is 6.07 Å². The number of amides is 1. The Morgan fingerprint density at radius 2 is 1.82 bits per heavy atom. The molecular weight excluding hydrogens is 481 g/mol. The number of piperidine rings is 1. The minimum absolute atomic E-state index is 0.00725. The van der Waals surface area contributed by atoms with E-state index in [9.17, 15) is 22.4 Å². The predicted molar refractivity (Wildman–Crippen MR) is 126 cm³/mol. The number of carbonyl (C=O) groups is 1. The van der Waals surface area contributed by atoms with Gasteiger partial charge in [-0.3, -0.25) is 9.59 Å². The lowest BCUT2D eigenvalue weighted by molar-refractivity contribution is 0.102. The molecule has 1 fully saturated rings. The van der Waals surface area contributed by atoms with Gasteiger partial charge in [-0.1, -0.05) is 23.7 Å². The molecule has 2 atom stereocenters. The summed E-state index contributed by atoms with van der Waals surface area (Å²) in [6.07, 6.45) is 0.798. The molecule has 1 amide bonds. The average molecular weight is 502 g/mol. The minimum Gasteiger partial charge on any atom is -0.322 e. The van der Waals surface area contributed by atoms with Gasteiger partial charge in [-0.2, -0.15) is 4.31 Å². The molecule has 0 aliphatic carbocycles. The van der Waals surface area contributed by atoms with E-state index in [0.717, 1.165) is 24.2 Å². The van der Waals surface area contributed by atoms with Crippen LogP contribution < -0.4 is 10.9 Å². The van der Waals surface area contributed by atoms with Gasteiger partial charge in [0.2, 0.25) is 10.0 Å². The van der Waals surface area contributed by atoms with Crippen LogP contribution in [0.1, 0.15) is 28.4 Å². The van der Waals surface area contributed by atoms with Crippen molar-refractivity contribution in [2.75, 3.05) is 18.4 Å². The Morgan fingerprint density at radius 1 is 1.03 bits per heavy atom. The molecule has 5 rings (SSSR count). The third-order valence-corrected chi connectivity index (χ3v) is 8.41. The fraction of sp³-hybridized carbons (Fsp3) is 0.250. The largest absolute Gasteiger partial charge is 0.322 e. The van der Waals surface area contributed by atoms with Crippen LogP contribution >= 0.6 is 11.6 Å². The van der Waals surface area contributed by atoms with E-state index in [0.29, 0.717) is 17.3 Å². The highest BCUT2D eigenvalue weighted by Gasteiger charge is 2.39. The second kappa shape index (κ2) is 8.65. The number of sulfonamides is 1. The molecule has 3 heterocycles. The zero-order valence-corrected chi connectivity index (χ0v) is 19.5. The van der Waals surface area contributed by atoms with Crippen molar-refractivity contribution in [1.82, 2.24) is 8.87 Å². The summed E-state index contributed by atoms with van der Waals surface area (Å²) in [5.74, 6) is -1.72. The molecular formula is C24H21ClFN3O4S. The Labute approximate surface area is 200 Å². The molecule has 3 aromatic rings. The fourth-order valence-corrected chi connectivity index (χ4v) is 6.58. The van der Waals surface area contributed by atoms with Gasteiger partial charge in [-0.15, -0.1) is 0 Å². The maximum atomic E-state index is 14.5. The molecule has 0 spiro atoms. The molecule has 1 N–H and O–H groups in total. The van der Waals surface area contributed by atoms with E-state index in [2.05, 4.69) is 5.32 Å². The summed E-state index contributed by atoms with van der Waals surface area (Å²) in [6, 6.07) is 14.6. The Hall–Kier alpha value is -3.01. The SMILES string of the molecule is O=C(Nc1cccc(Cl)c1)c1cc(S(=O)(=O)N2CC3CC(C2)c2cccc(=O)n2C3)ccc1F. The Morgan fingerprint density at radius 3 is 2.62 bits per heavy atom. The first kappa shape index (κ1) is 22.8. The Balaban J connectivity index is 1.43. The summed E-state index contributed by atoms with van der Waals surface area (Å²) in [7, 11) is -3.99. The number of aromatic nitrogens is 1. The number of carbonyl (C=O) groups excluding carboxylic acids is 1. The van der Waals surface area contributed by atoms with Crippen molar-refractivity contribution in [3.63, 3.8) is 0 Å². The van der Waals surface area contributed by atoms with Crippen LogP contribution in [0.4, 0.5) is 10.1 Å². The highest BCUT2D eigenvalue weighted by Crippen LogP contribution is 2.37. The third kappa shape index (κ3) is 4.15. The third-order valence-electron chi connectivity index (χ3n) is 6.35. The molecule has 0 radical (unpaired) electrons. The molecule has 7 nitrogen and oxygen atoms in total. The van der Waals surface area contributed by atoms with Crippen molar-refractivity contribution < 1.29 is 17.6 Å². The number of nitrogens with zero attached hydrogens (tertiary/aromatic N) is 2. The maximum Gasteiger partial charge on any atom is 0.258 e. The molecule has 0 saturated carbocycles. The normalized spacial score (nSPS) is 19.9. The molecule has 176 valence electrons. The van der Waals surface area contributed by atoms with Crippen LogP contribution in [0.2, 0.25) is 5.02 Å².